The highest BCUT2D eigenvalue weighted by molar-refractivity contribution is 7.90. The molecule has 2 aromatic carbocycles. The van der Waals surface area contributed by atoms with Gasteiger partial charge in [-0.25, -0.2) is 13.6 Å². The molecule has 0 N–H and O–H groups in total. The number of rotatable bonds is 4. The van der Waals surface area contributed by atoms with Crippen molar-refractivity contribution in [1.82, 2.24) is 14.1 Å². The average Bonchev–Trinajstić information content (AvgIpc) is 3.41. The molecule has 1 saturated heterocycles. The molecule has 0 atom stereocenters. The van der Waals surface area contributed by atoms with Gasteiger partial charge < -0.3 is 9.80 Å². The average molecular weight is 513 g/mol. The van der Waals surface area contributed by atoms with E-state index in [1.54, 1.807) is 18.2 Å². The zero-order valence-corrected chi connectivity index (χ0v) is 19.6. The van der Waals surface area contributed by atoms with Gasteiger partial charge in [0, 0.05) is 32.1 Å². The Kier molecular flexibility index (Phi) is 5.14. The second kappa shape index (κ2) is 7.61. The van der Waals surface area contributed by atoms with Gasteiger partial charge in [0.2, 0.25) is 0 Å². The number of hydrogen-bond donors (Lipinski definition) is 0. The summed E-state index contributed by atoms with van der Waals surface area (Å²) in [5.74, 6) is -2.78. The molecule has 5 rings (SSSR count). The third-order valence-electron chi connectivity index (χ3n) is 6.48. The largest absolute Gasteiger partial charge is 0.400 e. The number of fused-ring (bicyclic) bond motifs is 1. The lowest BCUT2D eigenvalue weighted by atomic mass is 10.1. The first kappa shape index (κ1) is 23.0. The van der Waals surface area contributed by atoms with E-state index in [1.807, 2.05) is 4.90 Å². The molecular formula is C22H20ClF3N4O3S. The van der Waals surface area contributed by atoms with Gasteiger partial charge in [-0.2, -0.15) is 12.5 Å². The van der Waals surface area contributed by atoms with Crippen molar-refractivity contribution < 1.29 is 26.4 Å². The molecular weight excluding hydrogens is 493 g/mol. The molecule has 180 valence electrons. The SMILES string of the molecule is CC(F)(F)c1ccc(S(=O)(=O)n2nc(N3CCN(C(=O)F)CC34CC4)c3c(Cl)cccc32)cc1. The Morgan fingerprint density at radius 1 is 1.12 bits per heavy atom. The number of alkyl halides is 2. The number of aromatic nitrogens is 2. The monoisotopic (exact) mass is 512 g/mol. The maximum Gasteiger partial charge on any atom is 0.400 e. The summed E-state index contributed by atoms with van der Waals surface area (Å²) in [4.78, 5) is 14.1. The topological polar surface area (TPSA) is 75.5 Å². The van der Waals surface area contributed by atoms with Crippen LogP contribution in [0.5, 0.6) is 0 Å². The predicted octanol–water partition coefficient (Wildman–Crippen LogP) is 4.78. The highest BCUT2D eigenvalue weighted by atomic mass is 35.5. The highest BCUT2D eigenvalue weighted by Crippen LogP contribution is 2.48. The lowest BCUT2D eigenvalue weighted by molar-refractivity contribution is 0.0174. The Hall–Kier alpha value is -2.79. The molecule has 2 aliphatic rings. The van der Waals surface area contributed by atoms with E-state index in [9.17, 15) is 26.4 Å². The molecule has 2 heterocycles. The number of amides is 1. The van der Waals surface area contributed by atoms with Gasteiger partial charge in [-0.15, -0.1) is 9.49 Å². The van der Waals surface area contributed by atoms with E-state index in [4.69, 9.17) is 11.6 Å². The summed E-state index contributed by atoms with van der Waals surface area (Å²) in [6.07, 6.45) is -0.118. The number of anilines is 1. The Bertz CT molecular complexity index is 1400. The fraction of sp³-hybridized carbons (Fsp3) is 0.364. The van der Waals surface area contributed by atoms with Crippen LogP contribution in [-0.4, -0.2) is 53.8 Å². The number of nitrogens with zero attached hydrogens (tertiary/aromatic N) is 4. The zero-order valence-electron chi connectivity index (χ0n) is 18.0. The van der Waals surface area contributed by atoms with Crippen LogP contribution in [0.25, 0.3) is 10.9 Å². The highest BCUT2D eigenvalue weighted by Gasteiger charge is 2.53. The minimum atomic E-state index is -4.25. The van der Waals surface area contributed by atoms with Crippen LogP contribution in [0.3, 0.4) is 0 Å². The van der Waals surface area contributed by atoms with E-state index in [-0.39, 0.29) is 40.6 Å². The first-order valence-corrected chi connectivity index (χ1v) is 12.4. The van der Waals surface area contributed by atoms with E-state index in [0.717, 1.165) is 40.2 Å². The standard InChI is InChI=1S/C22H20ClF3N4O3S/c1-21(25,26)14-5-7-15(8-6-14)34(32,33)30-17-4-2-3-16(23)18(17)19(27-30)29-12-11-28(20(24)31)13-22(29)9-10-22/h2-8H,9-13H2,1H3. The van der Waals surface area contributed by atoms with E-state index in [2.05, 4.69) is 5.10 Å². The van der Waals surface area contributed by atoms with Gasteiger partial charge in [0.15, 0.2) is 5.82 Å². The van der Waals surface area contributed by atoms with Crippen LogP contribution in [0.2, 0.25) is 5.02 Å². The molecule has 3 aromatic rings. The summed E-state index contributed by atoms with van der Waals surface area (Å²) < 4.78 is 68.4. The van der Waals surface area contributed by atoms with Crippen LogP contribution < -0.4 is 4.90 Å². The Morgan fingerprint density at radius 3 is 2.38 bits per heavy atom. The Morgan fingerprint density at radius 2 is 1.79 bits per heavy atom. The molecule has 1 aliphatic heterocycles. The van der Waals surface area contributed by atoms with Crippen molar-refractivity contribution in [2.45, 2.75) is 36.1 Å². The predicted molar refractivity (Wildman–Crippen MR) is 121 cm³/mol. The van der Waals surface area contributed by atoms with Crippen molar-refractivity contribution in [2.75, 3.05) is 24.5 Å². The van der Waals surface area contributed by atoms with Crippen molar-refractivity contribution in [1.29, 1.82) is 0 Å². The van der Waals surface area contributed by atoms with Gasteiger partial charge >= 0.3 is 6.16 Å². The van der Waals surface area contributed by atoms with Crippen LogP contribution in [-0.2, 0) is 15.9 Å². The van der Waals surface area contributed by atoms with E-state index in [1.165, 1.54) is 0 Å². The first-order valence-electron chi connectivity index (χ1n) is 10.6. The molecule has 1 spiro atoms. The molecule has 1 saturated carbocycles. The van der Waals surface area contributed by atoms with E-state index < -0.39 is 27.6 Å². The fourth-order valence-electron chi connectivity index (χ4n) is 4.51. The van der Waals surface area contributed by atoms with Gasteiger partial charge in [-0.05, 0) is 37.1 Å². The van der Waals surface area contributed by atoms with Gasteiger partial charge in [0.05, 0.1) is 26.4 Å². The number of halogens is 4. The summed E-state index contributed by atoms with van der Waals surface area (Å²) >= 11 is 6.47. The molecule has 34 heavy (non-hydrogen) atoms. The summed E-state index contributed by atoms with van der Waals surface area (Å²) in [6, 6.07) is 9.14. The van der Waals surface area contributed by atoms with Gasteiger partial charge in [-0.1, -0.05) is 29.8 Å². The molecule has 1 aromatic heterocycles. The minimum Gasteiger partial charge on any atom is -0.345 e. The van der Waals surface area contributed by atoms with Crippen LogP contribution in [0, 0.1) is 0 Å². The van der Waals surface area contributed by atoms with Gasteiger partial charge in [0.25, 0.3) is 15.9 Å². The molecule has 0 bridgehead atoms. The Balaban J connectivity index is 1.62. The molecule has 0 radical (unpaired) electrons. The van der Waals surface area contributed by atoms with Crippen LogP contribution in [0.4, 0.5) is 23.8 Å². The normalized spacial score (nSPS) is 18.0. The summed E-state index contributed by atoms with van der Waals surface area (Å²) in [5, 5.41) is 5.12. The third-order valence-corrected chi connectivity index (χ3v) is 8.39. The summed E-state index contributed by atoms with van der Waals surface area (Å²) in [5.41, 5.74) is -0.618. The number of piperazine rings is 1. The molecule has 1 amide bonds. The van der Waals surface area contributed by atoms with Crippen LogP contribution in [0.1, 0.15) is 25.3 Å². The van der Waals surface area contributed by atoms with Gasteiger partial charge in [0.1, 0.15) is 0 Å². The summed E-state index contributed by atoms with van der Waals surface area (Å²) in [7, 11) is -4.25. The van der Waals surface area contributed by atoms with Crippen molar-refractivity contribution >= 4 is 44.5 Å². The van der Waals surface area contributed by atoms with Crippen molar-refractivity contribution in [3.8, 4) is 0 Å². The second-order valence-corrected chi connectivity index (χ2v) is 10.9. The number of hydrogen-bond acceptors (Lipinski definition) is 5. The van der Waals surface area contributed by atoms with E-state index in [0.29, 0.717) is 24.0 Å². The lowest BCUT2D eigenvalue weighted by Gasteiger charge is -2.41. The molecule has 12 heteroatoms. The summed E-state index contributed by atoms with van der Waals surface area (Å²) in [6.45, 7) is 1.28. The van der Waals surface area contributed by atoms with Crippen LogP contribution in [0.15, 0.2) is 47.4 Å². The maximum absolute atomic E-state index is 13.6. The maximum atomic E-state index is 13.6. The quantitative estimate of drug-likeness (QED) is 0.371. The molecule has 0 unspecified atom stereocenters. The Labute approximate surface area is 198 Å². The smallest absolute Gasteiger partial charge is 0.345 e. The molecule has 7 nitrogen and oxygen atoms in total. The van der Waals surface area contributed by atoms with E-state index >= 15 is 0 Å². The first-order chi connectivity index (χ1) is 15.9. The van der Waals surface area contributed by atoms with Crippen molar-refractivity contribution in [3.05, 3.63) is 53.1 Å². The van der Waals surface area contributed by atoms with Crippen LogP contribution >= 0.6 is 11.6 Å². The number of carbonyl (C=O) groups is 1. The third kappa shape index (κ3) is 3.61. The van der Waals surface area contributed by atoms with Crippen molar-refractivity contribution in [2.24, 2.45) is 0 Å². The fourth-order valence-corrected chi connectivity index (χ4v) is 6.04. The number of carbonyl (C=O) groups excluding carboxylic acids is 1. The molecule has 2 fully saturated rings. The molecule has 1 aliphatic carbocycles. The second-order valence-electron chi connectivity index (χ2n) is 8.77. The number of benzene rings is 2. The minimum absolute atomic E-state index is 0.120. The van der Waals surface area contributed by atoms with Crippen molar-refractivity contribution in [3.63, 3.8) is 0 Å². The van der Waals surface area contributed by atoms with Gasteiger partial charge in [-0.3, -0.25) is 0 Å². The zero-order chi connectivity index (χ0) is 24.5. The lowest BCUT2D eigenvalue weighted by Crippen LogP contribution is -2.56.